The number of ether oxygens (including phenoxy) is 2. The van der Waals surface area contributed by atoms with Crippen LogP contribution in [-0.4, -0.2) is 36.5 Å². The molecule has 1 heterocycles. The molecular weight excluding hydrogens is 258 g/mol. The van der Waals surface area contributed by atoms with E-state index in [0.29, 0.717) is 31.3 Å². The van der Waals surface area contributed by atoms with Gasteiger partial charge in [0.25, 0.3) is 0 Å². The Bertz CT molecular complexity index is 538. The number of hydrogen-bond acceptors (Lipinski definition) is 6. The second-order valence-corrected chi connectivity index (χ2v) is 4.24. The van der Waals surface area contributed by atoms with Gasteiger partial charge >= 0.3 is 0 Å². The maximum atomic E-state index is 5.58. The molecule has 2 aromatic rings. The Morgan fingerprint density at radius 1 is 1.35 bits per heavy atom. The van der Waals surface area contributed by atoms with Crippen molar-refractivity contribution < 1.29 is 14.0 Å². The standard InChI is InChI=1S/C14H19N3O3/c1-3-19-12-7-5-4-6-11(12)14-16-13(20-17-14)8-10(9-15)18-2/h4-7,10H,3,8-9,15H2,1-2H3. The molecule has 0 spiro atoms. The van der Waals surface area contributed by atoms with Crippen LogP contribution in [0.5, 0.6) is 5.75 Å². The predicted molar refractivity (Wildman–Crippen MR) is 74.5 cm³/mol. The maximum Gasteiger partial charge on any atom is 0.229 e. The number of nitrogens with zero attached hydrogens (tertiary/aromatic N) is 2. The van der Waals surface area contributed by atoms with Crippen molar-refractivity contribution in [2.24, 2.45) is 5.73 Å². The second kappa shape index (κ2) is 7.02. The molecule has 0 aliphatic rings. The Labute approximate surface area is 117 Å². The van der Waals surface area contributed by atoms with Crippen molar-refractivity contribution in [2.75, 3.05) is 20.3 Å². The summed E-state index contributed by atoms with van der Waals surface area (Å²) in [6, 6.07) is 7.60. The molecule has 0 aliphatic heterocycles. The van der Waals surface area contributed by atoms with E-state index in [4.69, 9.17) is 19.7 Å². The third-order valence-electron chi connectivity index (χ3n) is 2.89. The van der Waals surface area contributed by atoms with Gasteiger partial charge in [-0.2, -0.15) is 4.98 Å². The van der Waals surface area contributed by atoms with Crippen LogP contribution in [0.15, 0.2) is 28.8 Å². The smallest absolute Gasteiger partial charge is 0.229 e. The number of benzene rings is 1. The fraction of sp³-hybridized carbons (Fsp3) is 0.429. The molecule has 2 N–H and O–H groups in total. The van der Waals surface area contributed by atoms with E-state index < -0.39 is 0 Å². The highest BCUT2D eigenvalue weighted by atomic mass is 16.5. The summed E-state index contributed by atoms with van der Waals surface area (Å²) in [5, 5.41) is 3.99. The number of para-hydroxylation sites is 1. The van der Waals surface area contributed by atoms with Gasteiger partial charge in [0.15, 0.2) is 0 Å². The first-order chi connectivity index (χ1) is 9.78. The summed E-state index contributed by atoms with van der Waals surface area (Å²) >= 11 is 0. The lowest BCUT2D eigenvalue weighted by Crippen LogP contribution is -2.24. The Morgan fingerprint density at radius 3 is 2.85 bits per heavy atom. The van der Waals surface area contributed by atoms with Crippen LogP contribution in [-0.2, 0) is 11.2 Å². The largest absolute Gasteiger partial charge is 0.493 e. The van der Waals surface area contributed by atoms with Crippen molar-refractivity contribution in [1.29, 1.82) is 0 Å². The highest BCUT2D eigenvalue weighted by molar-refractivity contribution is 5.63. The van der Waals surface area contributed by atoms with E-state index in [1.165, 1.54) is 0 Å². The molecule has 0 fully saturated rings. The summed E-state index contributed by atoms with van der Waals surface area (Å²) in [6.45, 7) is 2.92. The molecule has 2 rings (SSSR count). The molecular formula is C14H19N3O3. The molecule has 1 unspecified atom stereocenters. The summed E-state index contributed by atoms with van der Waals surface area (Å²) in [7, 11) is 1.61. The number of rotatable bonds is 7. The van der Waals surface area contributed by atoms with Crippen molar-refractivity contribution >= 4 is 0 Å². The van der Waals surface area contributed by atoms with Crippen LogP contribution in [0, 0.1) is 0 Å². The van der Waals surface area contributed by atoms with E-state index >= 15 is 0 Å². The lowest BCUT2D eigenvalue weighted by Gasteiger charge is -2.08. The molecule has 0 saturated carbocycles. The van der Waals surface area contributed by atoms with E-state index in [1.807, 2.05) is 31.2 Å². The zero-order chi connectivity index (χ0) is 14.4. The minimum atomic E-state index is -0.120. The summed E-state index contributed by atoms with van der Waals surface area (Å²) < 4.78 is 16.0. The number of hydrogen-bond donors (Lipinski definition) is 1. The van der Waals surface area contributed by atoms with Gasteiger partial charge in [-0.05, 0) is 19.1 Å². The topological polar surface area (TPSA) is 83.4 Å². The first-order valence-electron chi connectivity index (χ1n) is 6.56. The van der Waals surface area contributed by atoms with Gasteiger partial charge in [-0.3, -0.25) is 0 Å². The summed E-state index contributed by atoms with van der Waals surface area (Å²) in [5.41, 5.74) is 6.39. The molecule has 6 nitrogen and oxygen atoms in total. The number of methoxy groups -OCH3 is 1. The Balaban J connectivity index is 2.20. The molecule has 1 aromatic heterocycles. The first kappa shape index (κ1) is 14.5. The fourth-order valence-corrected chi connectivity index (χ4v) is 1.84. The van der Waals surface area contributed by atoms with Gasteiger partial charge in [-0.15, -0.1) is 0 Å². The van der Waals surface area contributed by atoms with Crippen molar-refractivity contribution in [2.45, 2.75) is 19.4 Å². The SMILES string of the molecule is CCOc1ccccc1-c1noc(CC(CN)OC)n1. The number of nitrogens with two attached hydrogens (primary N) is 1. The fourth-order valence-electron chi connectivity index (χ4n) is 1.84. The summed E-state index contributed by atoms with van der Waals surface area (Å²) in [4.78, 5) is 4.37. The van der Waals surface area contributed by atoms with Crippen LogP contribution in [0.2, 0.25) is 0 Å². The Hall–Kier alpha value is -1.92. The predicted octanol–water partition coefficient (Wildman–Crippen LogP) is 1.65. The van der Waals surface area contributed by atoms with E-state index in [0.717, 1.165) is 11.3 Å². The minimum Gasteiger partial charge on any atom is -0.493 e. The minimum absolute atomic E-state index is 0.120. The molecule has 1 atom stereocenters. The Kier molecular flexibility index (Phi) is 5.09. The first-order valence-corrected chi connectivity index (χ1v) is 6.56. The molecule has 0 saturated heterocycles. The molecule has 0 radical (unpaired) electrons. The van der Waals surface area contributed by atoms with E-state index in [9.17, 15) is 0 Å². The van der Waals surface area contributed by atoms with Crippen LogP contribution in [0.3, 0.4) is 0 Å². The molecule has 20 heavy (non-hydrogen) atoms. The normalized spacial score (nSPS) is 12.3. The second-order valence-electron chi connectivity index (χ2n) is 4.24. The quantitative estimate of drug-likeness (QED) is 0.828. The van der Waals surface area contributed by atoms with Crippen LogP contribution < -0.4 is 10.5 Å². The van der Waals surface area contributed by atoms with Crippen LogP contribution in [0.25, 0.3) is 11.4 Å². The van der Waals surface area contributed by atoms with Gasteiger partial charge in [0.1, 0.15) is 5.75 Å². The lowest BCUT2D eigenvalue weighted by atomic mass is 10.2. The monoisotopic (exact) mass is 277 g/mol. The van der Waals surface area contributed by atoms with Crippen LogP contribution in [0.1, 0.15) is 12.8 Å². The zero-order valence-electron chi connectivity index (χ0n) is 11.7. The molecule has 0 bridgehead atoms. The van der Waals surface area contributed by atoms with Crippen LogP contribution >= 0.6 is 0 Å². The highest BCUT2D eigenvalue weighted by Crippen LogP contribution is 2.27. The van der Waals surface area contributed by atoms with Crippen molar-refractivity contribution in [3.05, 3.63) is 30.2 Å². The van der Waals surface area contributed by atoms with Gasteiger partial charge in [-0.25, -0.2) is 0 Å². The summed E-state index contributed by atoms with van der Waals surface area (Å²) in [5.74, 6) is 1.75. The average Bonchev–Trinajstić information content (AvgIpc) is 2.94. The maximum absolute atomic E-state index is 5.58. The van der Waals surface area contributed by atoms with Gasteiger partial charge < -0.3 is 19.7 Å². The molecule has 0 amide bonds. The third-order valence-corrected chi connectivity index (χ3v) is 2.89. The van der Waals surface area contributed by atoms with Crippen LogP contribution in [0.4, 0.5) is 0 Å². The van der Waals surface area contributed by atoms with Gasteiger partial charge in [0, 0.05) is 13.7 Å². The molecule has 0 aliphatic carbocycles. The van der Waals surface area contributed by atoms with Gasteiger partial charge in [0.05, 0.1) is 24.7 Å². The van der Waals surface area contributed by atoms with Crippen molar-refractivity contribution in [3.63, 3.8) is 0 Å². The van der Waals surface area contributed by atoms with E-state index in [1.54, 1.807) is 7.11 Å². The van der Waals surface area contributed by atoms with E-state index in [2.05, 4.69) is 10.1 Å². The van der Waals surface area contributed by atoms with Gasteiger partial charge in [0.2, 0.25) is 11.7 Å². The third kappa shape index (κ3) is 3.34. The lowest BCUT2D eigenvalue weighted by molar-refractivity contribution is 0.102. The Morgan fingerprint density at radius 2 is 2.15 bits per heavy atom. The molecule has 6 heteroatoms. The summed E-state index contributed by atoms with van der Waals surface area (Å²) in [6.07, 6.45) is 0.377. The molecule has 1 aromatic carbocycles. The zero-order valence-corrected chi connectivity index (χ0v) is 11.7. The van der Waals surface area contributed by atoms with E-state index in [-0.39, 0.29) is 6.10 Å². The highest BCUT2D eigenvalue weighted by Gasteiger charge is 2.16. The van der Waals surface area contributed by atoms with Gasteiger partial charge in [-0.1, -0.05) is 17.3 Å². The van der Waals surface area contributed by atoms with Crippen molar-refractivity contribution in [1.82, 2.24) is 10.1 Å². The average molecular weight is 277 g/mol. The number of aromatic nitrogens is 2. The molecule has 108 valence electrons. The van der Waals surface area contributed by atoms with Crippen molar-refractivity contribution in [3.8, 4) is 17.1 Å².